The van der Waals surface area contributed by atoms with Gasteiger partial charge >= 0.3 is 0 Å². The van der Waals surface area contributed by atoms with Gasteiger partial charge in [-0.3, -0.25) is 4.98 Å². The summed E-state index contributed by atoms with van der Waals surface area (Å²) < 4.78 is 1.34. The molecule has 2 aromatic heterocycles. The normalized spacial score (nSPS) is 10.3. The van der Waals surface area contributed by atoms with Crippen LogP contribution in [0.5, 0.6) is 0 Å². The molecule has 4 heteroatoms. The fourth-order valence-corrected chi connectivity index (χ4v) is 3.05. The smallest absolute Gasteiger partial charge is 0.0602 e. The SMILES string of the molecule is CCNc1ccnc(CSc2cccs2)c1. The van der Waals surface area contributed by atoms with E-state index in [1.54, 1.807) is 11.3 Å². The van der Waals surface area contributed by atoms with E-state index in [0.29, 0.717) is 0 Å². The molecule has 0 aliphatic rings. The lowest BCUT2D eigenvalue weighted by atomic mass is 10.3. The maximum atomic E-state index is 4.36. The molecule has 0 aromatic carbocycles. The van der Waals surface area contributed by atoms with Gasteiger partial charge in [0.05, 0.1) is 9.90 Å². The van der Waals surface area contributed by atoms with Crippen molar-refractivity contribution >= 4 is 28.8 Å². The van der Waals surface area contributed by atoms with Crippen LogP contribution in [0.4, 0.5) is 5.69 Å². The Morgan fingerprint density at radius 2 is 2.38 bits per heavy atom. The number of thiophene rings is 1. The molecule has 0 atom stereocenters. The van der Waals surface area contributed by atoms with E-state index in [1.807, 2.05) is 24.0 Å². The Hall–Kier alpha value is -1.00. The van der Waals surface area contributed by atoms with E-state index >= 15 is 0 Å². The second-order valence-electron chi connectivity index (χ2n) is 3.29. The first-order valence-corrected chi connectivity index (χ1v) is 7.10. The average molecular weight is 250 g/mol. The van der Waals surface area contributed by atoms with Crippen LogP contribution in [-0.2, 0) is 5.75 Å². The van der Waals surface area contributed by atoms with Crippen molar-refractivity contribution in [2.75, 3.05) is 11.9 Å². The van der Waals surface area contributed by atoms with Crippen LogP contribution >= 0.6 is 23.1 Å². The third-order valence-electron chi connectivity index (χ3n) is 2.05. The molecule has 0 saturated carbocycles. The lowest BCUT2D eigenvalue weighted by molar-refractivity contribution is 1.15. The molecule has 0 spiro atoms. The van der Waals surface area contributed by atoms with Crippen LogP contribution in [0, 0.1) is 0 Å². The summed E-state index contributed by atoms with van der Waals surface area (Å²) in [5.41, 5.74) is 2.27. The summed E-state index contributed by atoms with van der Waals surface area (Å²) in [5.74, 6) is 0.930. The number of aromatic nitrogens is 1. The lowest BCUT2D eigenvalue weighted by Gasteiger charge is -2.04. The molecule has 0 saturated heterocycles. The number of hydrogen-bond donors (Lipinski definition) is 1. The van der Waals surface area contributed by atoms with Gasteiger partial charge in [-0.15, -0.1) is 23.1 Å². The van der Waals surface area contributed by atoms with Crippen molar-refractivity contribution in [3.8, 4) is 0 Å². The van der Waals surface area contributed by atoms with Crippen LogP contribution in [0.25, 0.3) is 0 Å². The first-order chi connectivity index (χ1) is 7.88. The first kappa shape index (κ1) is 11.5. The molecule has 2 heterocycles. The number of pyridine rings is 1. The summed E-state index contributed by atoms with van der Waals surface area (Å²) in [6.07, 6.45) is 1.86. The summed E-state index contributed by atoms with van der Waals surface area (Å²) in [6, 6.07) is 8.34. The van der Waals surface area contributed by atoms with Crippen LogP contribution in [0.2, 0.25) is 0 Å². The summed E-state index contributed by atoms with van der Waals surface area (Å²) >= 11 is 3.61. The largest absolute Gasteiger partial charge is 0.385 e. The van der Waals surface area contributed by atoms with Gasteiger partial charge in [0.1, 0.15) is 0 Å². The summed E-state index contributed by atoms with van der Waals surface area (Å²) in [6.45, 7) is 3.04. The van der Waals surface area contributed by atoms with E-state index in [0.717, 1.165) is 23.7 Å². The minimum absolute atomic E-state index is 0.930. The Bertz CT molecular complexity index is 426. The predicted octanol–water partition coefficient (Wildman–Crippen LogP) is 3.87. The Morgan fingerprint density at radius 1 is 1.44 bits per heavy atom. The highest BCUT2D eigenvalue weighted by molar-refractivity contribution is 8.00. The van der Waals surface area contributed by atoms with Crippen molar-refractivity contribution in [1.82, 2.24) is 4.98 Å². The van der Waals surface area contributed by atoms with Crippen LogP contribution in [-0.4, -0.2) is 11.5 Å². The standard InChI is InChI=1S/C12H14N2S2/c1-2-13-10-5-6-14-11(8-10)9-16-12-4-3-7-15-12/h3-8H,2,9H2,1H3,(H,13,14). The third-order valence-corrected chi connectivity index (χ3v) is 4.22. The fourth-order valence-electron chi connectivity index (χ4n) is 1.36. The fraction of sp³-hybridized carbons (Fsp3) is 0.250. The van der Waals surface area contributed by atoms with Crippen LogP contribution < -0.4 is 5.32 Å². The molecule has 0 aliphatic carbocycles. The van der Waals surface area contributed by atoms with Crippen LogP contribution in [0.1, 0.15) is 12.6 Å². The van der Waals surface area contributed by atoms with Gasteiger partial charge in [0.15, 0.2) is 0 Å². The van der Waals surface area contributed by atoms with E-state index < -0.39 is 0 Å². The minimum Gasteiger partial charge on any atom is -0.385 e. The topological polar surface area (TPSA) is 24.9 Å². The van der Waals surface area contributed by atoms with Crippen molar-refractivity contribution in [3.63, 3.8) is 0 Å². The van der Waals surface area contributed by atoms with E-state index in [1.165, 1.54) is 4.21 Å². The Kier molecular flexibility index (Phi) is 4.25. The molecule has 2 nitrogen and oxygen atoms in total. The molecular formula is C12H14N2S2. The molecule has 0 radical (unpaired) electrons. The Labute approximate surface area is 104 Å². The summed E-state index contributed by atoms with van der Waals surface area (Å²) in [4.78, 5) is 4.36. The molecule has 0 fully saturated rings. The Balaban J connectivity index is 1.96. The molecule has 0 unspecified atom stereocenters. The van der Waals surface area contributed by atoms with Crippen molar-refractivity contribution in [1.29, 1.82) is 0 Å². The zero-order valence-electron chi connectivity index (χ0n) is 9.14. The van der Waals surface area contributed by atoms with Gasteiger partial charge in [0.25, 0.3) is 0 Å². The summed E-state index contributed by atoms with van der Waals surface area (Å²) in [7, 11) is 0. The zero-order chi connectivity index (χ0) is 11.2. The van der Waals surface area contributed by atoms with Gasteiger partial charge < -0.3 is 5.32 Å². The second-order valence-corrected chi connectivity index (χ2v) is 5.51. The molecular weight excluding hydrogens is 236 g/mol. The molecule has 84 valence electrons. The van der Waals surface area contributed by atoms with Gasteiger partial charge in [-0.25, -0.2) is 0 Å². The van der Waals surface area contributed by atoms with Gasteiger partial charge in [-0.05, 0) is 30.5 Å². The number of nitrogens with zero attached hydrogens (tertiary/aromatic N) is 1. The quantitative estimate of drug-likeness (QED) is 0.815. The van der Waals surface area contributed by atoms with E-state index in [-0.39, 0.29) is 0 Å². The monoisotopic (exact) mass is 250 g/mol. The van der Waals surface area contributed by atoms with Crippen molar-refractivity contribution < 1.29 is 0 Å². The predicted molar refractivity (Wildman–Crippen MR) is 72.3 cm³/mol. The Morgan fingerprint density at radius 3 is 3.12 bits per heavy atom. The van der Waals surface area contributed by atoms with Gasteiger partial charge in [0.2, 0.25) is 0 Å². The second kappa shape index (κ2) is 5.92. The molecule has 1 N–H and O–H groups in total. The van der Waals surface area contributed by atoms with Crippen LogP contribution in [0.15, 0.2) is 40.1 Å². The molecule has 0 amide bonds. The zero-order valence-corrected chi connectivity index (χ0v) is 10.8. The van der Waals surface area contributed by atoms with E-state index in [4.69, 9.17) is 0 Å². The van der Waals surface area contributed by atoms with Crippen molar-refractivity contribution in [3.05, 3.63) is 41.5 Å². The number of rotatable bonds is 5. The van der Waals surface area contributed by atoms with Gasteiger partial charge in [-0.2, -0.15) is 0 Å². The average Bonchev–Trinajstić information content (AvgIpc) is 2.80. The highest BCUT2D eigenvalue weighted by atomic mass is 32.2. The molecule has 0 aliphatic heterocycles. The maximum absolute atomic E-state index is 4.36. The molecule has 2 aromatic rings. The summed E-state index contributed by atoms with van der Waals surface area (Å²) in [5, 5.41) is 5.40. The maximum Gasteiger partial charge on any atom is 0.0602 e. The minimum atomic E-state index is 0.930. The van der Waals surface area contributed by atoms with Crippen molar-refractivity contribution in [2.45, 2.75) is 16.9 Å². The highest BCUT2D eigenvalue weighted by Gasteiger charge is 1.99. The van der Waals surface area contributed by atoms with Gasteiger partial charge in [-0.1, -0.05) is 6.07 Å². The molecule has 2 rings (SSSR count). The lowest BCUT2D eigenvalue weighted by Crippen LogP contribution is -1.97. The number of thioether (sulfide) groups is 1. The molecule has 0 bridgehead atoms. The number of nitrogens with one attached hydrogen (secondary N) is 1. The first-order valence-electron chi connectivity index (χ1n) is 5.23. The highest BCUT2D eigenvalue weighted by Crippen LogP contribution is 2.26. The van der Waals surface area contributed by atoms with E-state index in [9.17, 15) is 0 Å². The third kappa shape index (κ3) is 3.25. The van der Waals surface area contributed by atoms with Crippen molar-refractivity contribution in [2.24, 2.45) is 0 Å². The van der Waals surface area contributed by atoms with E-state index in [2.05, 4.69) is 40.8 Å². The number of hydrogen-bond acceptors (Lipinski definition) is 4. The molecule has 16 heavy (non-hydrogen) atoms. The van der Waals surface area contributed by atoms with Gasteiger partial charge in [0, 0.05) is 24.2 Å². The number of anilines is 1. The van der Waals surface area contributed by atoms with Crippen LogP contribution in [0.3, 0.4) is 0 Å².